The number of hydrogen-bond acceptors (Lipinski definition) is 2. The Morgan fingerprint density at radius 2 is 1.68 bits per heavy atom. The van der Waals surface area contributed by atoms with Crippen LogP contribution in [-0.2, 0) is 6.42 Å². The second-order valence-corrected chi connectivity index (χ2v) is 4.98. The van der Waals surface area contributed by atoms with Crippen molar-refractivity contribution in [2.75, 3.05) is 6.54 Å². The van der Waals surface area contributed by atoms with Crippen molar-refractivity contribution in [2.45, 2.75) is 26.2 Å². The third-order valence-electron chi connectivity index (χ3n) is 3.13. The highest BCUT2D eigenvalue weighted by Crippen LogP contribution is 2.30. The molecule has 2 N–H and O–H groups in total. The summed E-state index contributed by atoms with van der Waals surface area (Å²) in [6, 6.07) is 16.3. The highest BCUT2D eigenvalue weighted by Gasteiger charge is 2.07. The lowest BCUT2D eigenvalue weighted by Crippen LogP contribution is -2.02. The van der Waals surface area contributed by atoms with Crippen molar-refractivity contribution in [2.24, 2.45) is 5.73 Å². The second kappa shape index (κ2) is 6.39. The Labute approximate surface area is 115 Å². The van der Waals surface area contributed by atoms with Gasteiger partial charge < -0.3 is 10.5 Å². The van der Waals surface area contributed by atoms with Crippen LogP contribution in [0.15, 0.2) is 48.5 Å². The molecule has 2 aromatic rings. The van der Waals surface area contributed by atoms with Crippen LogP contribution in [0, 0.1) is 0 Å². The fourth-order valence-electron chi connectivity index (χ4n) is 2.07. The number of rotatable bonds is 5. The second-order valence-electron chi connectivity index (χ2n) is 4.98. The Morgan fingerprint density at radius 3 is 2.32 bits per heavy atom. The topological polar surface area (TPSA) is 35.2 Å². The normalized spacial score (nSPS) is 10.7. The monoisotopic (exact) mass is 255 g/mol. The Bertz CT molecular complexity index is 517. The van der Waals surface area contributed by atoms with Crippen molar-refractivity contribution >= 4 is 0 Å². The lowest BCUT2D eigenvalue weighted by molar-refractivity contribution is 0.473. The Hall–Kier alpha value is -1.80. The SMILES string of the molecule is CC(C)c1ccccc1Oc1ccc(CCN)cc1. The van der Waals surface area contributed by atoms with Gasteiger partial charge >= 0.3 is 0 Å². The molecule has 0 radical (unpaired) electrons. The summed E-state index contributed by atoms with van der Waals surface area (Å²) in [5, 5.41) is 0. The van der Waals surface area contributed by atoms with Crippen LogP contribution in [0.5, 0.6) is 11.5 Å². The predicted molar refractivity (Wildman–Crippen MR) is 79.8 cm³/mol. The highest BCUT2D eigenvalue weighted by atomic mass is 16.5. The first-order valence-corrected chi connectivity index (χ1v) is 6.76. The molecule has 0 spiro atoms. The third kappa shape index (κ3) is 3.58. The van der Waals surface area contributed by atoms with E-state index < -0.39 is 0 Å². The van der Waals surface area contributed by atoms with Gasteiger partial charge in [-0.15, -0.1) is 0 Å². The molecule has 0 saturated heterocycles. The van der Waals surface area contributed by atoms with E-state index in [0.717, 1.165) is 17.9 Å². The third-order valence-corrected chi connectivity index (χ3v) is 3.13. The molecule has 0 heterocycles. The fourth-order valence-corrected chi connectivity index (χ4v) is 2.07. The van der Waals surface area contributed by atoms with Gasteiger partial charge in [-0.2, -0.15) is 0 Å². The van der Waals surface area contributed by atoms with E-state index in [1.165, 1.54) is 11.1 Å². The largest absolute Gasteiger partial charge is 0.457 e. The molecule has 0 atom stereocenters. The Balaban J connectivity index is 2.17. The first kappa shape index (κ1) is 13.6. The van der Waals surface area contributed by atoms with Gasteiger partial charge in [0.25, 0.3) is 0 Å². The lowest BCUT2D eigenvalue weighted by Gasteiger charge is -2.13. The molecule has 0 unspecified atom stereocenters. The van der Waals surface area contributed by atoms with Gasteiger partial charge in [-0.25, -0.2) is 0 Å². The van der Waals surface area contributed by atoms with Crippen molar-refractivity contribution in [3.63, 3.8) is 0 Å². The van der Waals surface area contributed by atoms with Gasteiger partial charge in [0.2, 0.25) is 0 Å². The van der Waals surface area contributed by atoms with Gasteiger partial charge in [-0.05, 0) is 48.2 Å². The fraction of sp³-hybridized carbons (Fsp3) is 0.294. The average molecular weight is 255 g/mol. The molecular formula is C17H21NO. The zero-order valence-corrected chi connectivity index (χ0v) is 11.6. The standard InChI is InChI=1S/C17H21NO/c1-13(2)16-5-3-4-6-17(16)19-15-9-7-14(8-10-15)11-12-18/h3-10,13H,11-12,18H2,1-2H3. The molecule has 19 heavy (non-hydrogen) atoms. The molecule has 0 fully saturated rings. The van der Waals surface area contributed by atoms with Crippen molar-refractivity contribution in [3.8, 4) is 11.5 Å². The summed E-state index contributed by atoms with van der Waals surface area (Å²) < 4.78 is 5.97. The minimum absolute atomic E-state index is 0.452. The maximum absolute atomic E-state index is 5.97. The Morgan fingerprint density at radius 1 is 1.00 bits per heavy atom. The van der Waals surface area contributed by atoms with E-state index in [0.29, 0.717) is 12.5 Å². The van der Waals surface area contributed by atoms with E-state index >= 15 is 0 Å². The van der Waals surface area contributed by atoms with Gasteiger partial charge in [-0.3, -0.25) is 0 Å². The maximum Gasteiger partial charge on any atom is 0.130 e. The van der Waals surface area contributed by atoms with E-state index in [-0.39, 0.29) is 0 Å². The molecule has 0 aliphatic rings. The molecule has 0 saturated carbocycles. The molecule has 0 bridgehead atoms. The van der Waals surface area contributed by atoms with Crippen LogP contribution in [0.1, 0.15) is 30.9 Å². The highest BCUT2D eigenvalue weighted by molar-refractivity contribution is 5.40. The van der Waals surface area contributed by atoms with E-state index in [9.17, 15) is 0 Å². The summed E-state index contributed by atoms with van der Waals surface area (Å²) in [5.74, 6) is 2.26. The summed E-state index contributed by atoms with van der Waals surface area (Å²) in [7, 11) is 0. The molecule has 2 heteroatoms. The van der Waals surface area contributed by atoms with E-state index in [4.69, 9.17) is 10.5 Å². The van der Waals surface area contributed by atoms with Crippen LogP contribution < -0.4 is 10.5 Å². The van der Waals surface area contributed by atoms with Crippen LogP contribution >= 0.6 is 0 Å². The number of hydrogen-bond donors (Lipinski definition) is 1. The molecule has 0 amide bonds. The van der Waals surface area contributed by atoms with Crippen molar-refractivity contribution in [3.05, 3.63) is 59.7 Å². The minimum Gasteiger partial charge on any atom is -0.457 e. The molecular weight excluding hydrogens is 234 g/mol. The lowest BCUT2D eigenvalue weighted by atomic mass is 10.0. The van der Waals surface area contributed by atoms with E-state index in [1.54, 1.807) is 0 Å². The quantitative estimate of drug-likeness (QED) is 0.872. The molecule has 0 aromatic heterocycles. The number of para-hydroxylation sites is 1. The summed E-state index contributed by atoms with van der Waals surface area (Å²) >= 11 is 0. The van der Waals surface area contributed by atoms with Crippen molar-refractivity contribution in [1.29, 1.82) is 0 Å². The molecule has 2 nitrogen and oxygen atoms in total. The van der Waals surface area contributed by atoms with Crippen LogP contribution in [0.3, 0.4) is 0 Å². The van der Waals surface area contributed by atoms with Crippen LogP contribution in [0.4, 0.5) is 0 Å². The van der Waals surface area contributed by atoms with Crippen molar-refractivity contribution < 1.29 is 4.74 Å². The number of benzene rings is 2. The van der Waals surface area contributed by atoms with Gasteiger partial charge in [-0.1, -0.05) is 44.2 Å². The molecule has 100 valence electrons. The van der Waals surface area contributed by atoms with Crippen molar-refractivity contribution in [1.82, 2.24) is 0 Å². The summed E-state index contributed by atoms with van der Waals surface area (Å²) in [6.07, 6.45) is 0.906. The Kier molecular flexibility index (Phi) is 4.58. The van der Waals surface area contributed by atoms with E-state index in [2.05, 4.69) is 32.0 Å². The average Bonchev–Trinajstić information content (AvgIpc) is 2.42. The zero-order valence-electron chi connectivity index (χ0n) is 11.6. The van der Waals surface area contributed by atoms with Crippen LogP contribution in [0.25, 0.3) is 0 Å². The van der Waals surface area contributed by atoms with E-state index in [1.807, 2.05) is 30.3 Å². The molecule has 0 aliphatic carbocycles. The summed E-state index contributed by atoms with van der Waals surface area (Å²) in [5.41, 5.74) is 8.02. The summed E-state index contributed by atoms with van der Waals surface area (Å²) in [6.45, 7) is 5.02. The van der Waals surface area contributed by atoms with Gasteiger partial charge in [0.1, 0.15) is 11.5 Å². The predicted octanol–water partition coefficient (Wildman–Crippen LogP) is 4.10. The molecule has 0 aliphatic heterocycles. The van der Waals surface area contributed by atoms with Gasteiger partial charge in [0, 0.05) is 0 Å². The zero-order chi connectivity index (χ0) is 13.7. The van der Waals surface area contributed by atoms with Gasteiger partial charge in [0.15, 0.2) is 0 Å². The number of nitrogens with two attached hydrogens (primary N) is 1. The molecule has 2 aromatic carbocycles. The smallest absolute Gasteiger partial charge is 0.130 e. The first-order valence-electron chi connectivity index (χ1n) is 6.76. The summed E-state index contributed by atoms with van der Waals surface area (Å²) in [4.78, 5) is 0. The first-order chi connectivity index (χ1) is 9.20. The minimum atomic E-state index is 0.452. The van der Waals surface area contributed by atoms with Crippen LogP contribution in [0.2, 0.25) is 0 Å². The van der Waals surface area contributed by atoms with Crippen LogP contribution in [-0.4, -0.2) is 6.54 Å². The van der Waals surface area contributed by atoms with Gasteiger partial charge in [0.05, 0.1) is 0 Å². The molecule has 2 rings (SSSR count). The maximum atomic E-state index is 5.97. The number of ether oxygens (including phenoxy) is 1.